The van der Waals surface area contributed by atoms with E-state index in [0.29, 0.717) is 17.8 Å². The second kappa shape index (κ2) is 4.54. The molecule has 1 aromatic carbocycles. The summed E-state index contributed by atoms with van der Waals surface area (Å²) in [6.07, 6.45) is 5.08. The monoisotopic (exact) mass is 249 g/mol. The molecular formula is C15H20FNO. The Morgan fingerprint density at radius 1 is 1.39 bits per heavy atom. The number of rotatable bonds is 4. The maximum absolute atomic E-state index is 13.6. The van der Waals surface area contributed by atoms with Crippen molar-refractivity contribution in [3.63, 3.8) is 0 Å². The first kappa shape index (κ1) is 12.0. The quantitative estimate of drug-likeness (QED) is 0.880. The lowest BCUT2D eigenvalue weighted by molar-refractivity contribution is -0.157. The first-order valence-corrected chi connectivity index (χ1v) is 6.89. The number of hydrogen-bond acceptors (Lipinski definition) is 2. The molecule has 0 radical (unpaired) electrons. The summed E-state index contributed by atoms with van der Waals surface area (Å²) in [4.78, 5) is 0. The summed E-state index contributed by atoms with van der Waals surface area (Å²) in [5, 5.41) is 3.37. The predicted octanol–water partition coefficient (Wildman–Crippen LogP) is 3.59. The molecule has 2 atom stereocenters. The second-order valence-corrected chi connectivity index (χ2v) is 5.44. The Balaban J connectivity index is 1.70. The lowest BCUT2D eigenvalue weighted by Crippen LogP contribution is -2.64. The smallest absolute Gasteiger partial charge is 0.146 e. The van der Waals surface area contributed by atoms with Crippen LogP contribution < -0.4 is 5.32 Å². The highest BCUT2D eigenvalue weighted by Gasteiger charge is 2.58. The third kappa shape index (κ3) is 1.72. The average molecular weight is 249 g/mol. The molecule has 1 aromatic rings. The van der Waals surface area contributed by atoms with Crippen molar-refractivity contribution in [2.75, 3.05) is 11.9 Å². The molecule has 0 heterocycles. The van der Waals surface area contributed by atoms with Crippen molar-refractivity contribution in [2.24, 2.45) is 5.41 Å². The fourth-order valence-corrected chi connectivity index (χ4v) is 3.41. The summed E-state index contributed by atoms with van der Waals surface area (Å²) in [6.45, 7) is 2.82. The molecule has 0 bridgehead atoms. The van der Waals surface area contributed by atoms with E-state index in [0.717, 1.165) is 13.0 Å². The average Bonchev–Trinajstić information content (AvgIpc) is 2.28. The summed E-state index contributed by atoms with van der Waals surface area (Å²) in [6, 6.07) is 7.30. The van der Waals surface area contributed by atoms with Crippen LogP contribution in [-0.2, 0) is 4.74 Å². The molecule has 1 N–H and O–H groups in total. The molecule has 0 aromatic heterocycles. The van der Waals surface area contributed by atoms with Gasteiger partial charge >= 0.3 is 0 Å². The highest BCUT2D eigenvalue weighted by atomic mass is 19.1. The van der Waals surface area contributed by atoms with E-state index in [1.807, 2.05) is 19.1 Å². The van der Waals surface area contributed by atoms with Gasteiger partial charge in [-0.2, -0.15) is 0 Å². The molecule has 3 heteroatoms. The maximum atomic E-state index is 13.6. The number of nitrogens with one attached hydrogen (secondary N) is 1. The predicted molar refractivity (Wildman–Crippen MR) is 70.1 cm³/mol. The minimum absolute atomic E-state index is 0.160. The molecule has 2 nitrogen and oxygen atoms in total. The van der Waals surface area contributed by atoms with Crippen LogP contribution in [-0.4, -0.2) is 18.8 Å². The van der Waals surface area contributed by atoms with Crippen LogP contribution in [0.15, 0.2) is 24.3 Å². The molecule has 2 aliphatic carbocycles. The van der Waals surface area contributed by atoms with Crippen molar-refractivity contribution >= 4 is 5.69 Å². The zero-order chi connectivity index (χ0) is 12.6. The van der Waals surface area contributed by atoms with Crippen LogP contribution >= 0.6 is 0 Å². The van der Waals surface area contributed by atoms with E-state index in [1.54, 1.807) is 6.07 Å². The van der Waals surface area contributed by atoms with Gasteiger partial charge in [0.2, 0.25) is 0 Å². The fourth-order valence-electron chi connectivity index (χ4n) is 3.41. The van der Waals surface area contributed by atoms with Crippen LogP contribution in [0.3, 0.4) is 0 Å². The Hall–Kier alpha value is -1.09. The summed E-state index contributed by atoms with van der Waals surface area (Å²) < 4.78 is 19.4. The third-order valence-corrected chi connectivity index (χ3v) is 4.64. The van der Waals surface area contributed by atoms with Crippen molar-refractivity contribution in [3.8, 4) is 0 Å². The normalized spacial score (nSPS) is 28.6. The van der Waals surface area contributed by atoms with E-state index in [4.69, 9.17) is 4.74 Å². The van der Waals surface area contributed by atoms with Gasteiger partial charge in [0.05, 0.1) is 11.8 Å². The van der Waals surface area contributed by atoms with Gasteiger partial charge < -0.3 is 10.1 Å². The summed E-state index contributed by atoms with van der Waals surface area (Å²) in [5.41, 5.74) is 0.905. The van der Waals surface area contributed by atoms with Gasteiger partial charge in [0.15, 0.2) is 0 Å². The molecule has 18 heavy (non-hydrogen) atoms. The Kier molecular flexibility index (Phi) is 3.02. The fraction of sp³-hybridized carbons (Fsp3) is 0.600. The number of para-hydroxylation sites is 1. The van der Waals surface area contributed by atoms with E-state index in [1.165, 1.54) is 25.3 Å². The third-order valence-electron chi connectivity index (χ3n) is 4.64. The van der Waals surface area contributed by atoms with Gasteiger partial charge in [-0.1, -0.05) is 18.6 Å². The largest absolute Gasteiger partial charge is 0.379 e. The van der Waals surface area contributed by atoms with Gasteiger partial charge in [-0.15, -0.1) is 0 Å². The number of anilines is 1. The highest BCUT2D eigenvalue weighted by molar-refractivity contribution is 5.47. The summed E-state index contributed by atoms with van der Waals surface area (Å²) in [7, 11) is 0. The number of ether oxygens (including phenoxy) is 1. The molecule has 2 unspecified atom stereocenters. The van der Waals surface area contributed by atoms with Crippen molar-refractivity contribution < 1.29 is 9.13 Å². The minimum Gasteiger partial charge on any atom is -0.379 e. The molecule has 98 valence electrons. The van der Waals surface area contributed by atoms with E-state index < -0.39 is 0 Å². The number of benzene rings is 1. The van der Waals surface area contributed by atoms with Gasteiger partial charge in [0.25, 0.3) is 0 Å². The van der Waals surface area contributed by atoms with E-state index >= 15 is 0 Å². The Morgan fingerprint density at radius 3 is 2.78 bits per heavy atom. The van der Waals surface area contributed by atoms with Crippen molar-refractivity contribution in [1.29, 1.82) is 0 Å². The topological polar surface area (TPSA) is 21.3 Å². The van der Waals surface area contributed by atoms with Gasteiger partial charge in [-0.25, -0.2) is 4.39 Å². The van der Waals surface area contributed by atoms with Crippen molar-refractivity contribution in [2.45, 2.75) is 44.8 Å². The molecule has 2 aliphatic rings. The number of halogens is 1. The van der Waals surface area contributed by atoms with Gasteiger partial charge in [0.1, 0.15) is 5.82 Å². The van der Waals surface area contributed by atoms with Crippen molar-refractivity contribution in [1.82, 2.24) is 0 Å². The highest BCUT2D eigenvalue weighted by Crippen LogP contribution is 2.58. The molecule has 0 amide bonds. The molecule has 2 saturated carbocycles. The first-order valence-electron chi connectivity index (χ1n) is 6.89. The minimum atomic E-state index is -0.160. The van der Waals surface area contributed by atoms with Crippen LogP contribution in [0.25, 0.3) is 0 Å². The summed E-state index contributed by atoms with van der Waals surface area (Å²) >= 11 is 0. The molecule has 0 aliphatic heterocycles. The van der Waals surface area contributed by atoms with Crippen LogP contribution in [0.4, 0.5) is 10.1 Å². The second-order valence-electron chi connectivity index (χ2n) is 5.44. The summed E-state index contributed by atoms with van der Waals surface area (Å²) in [5.74, 6) is -0.160. The number of hydrogen-bond donors (Lipinski definition) is 1. The molecule has 3 rings (SSSR count). The Bertz CT molecular complexity index is 430. The van der Waals surface area contributed by atoms with Crippen molar-refractivity contribution in [3.05, 3.63) is 30.1 Å². The van der Waals surface area contributed by atoms with Crippen LogP contribution in [0.5, 0.6) is 0 Å². The zero-order valence-electron chi connectivity index (χ0n) is 10.8. The lowest BCUT2D eigenvalue weighted by Gasteiger charge is -2.61. The zero-order valence-corrected chi connectivity index (χ0v) is 10.8. The Morgan fingerprint density at radius 2 is 2.17 bits per heavy atom. The van der Waals surface area contributed by atoms with E-state index in [2.05, 4.69) is 5.32 Å². The molecule has 0 saturated heterocycles. The van der Waals surface area contributed by atoms with E-state index in [-0.39, 0.29) is 11.2 Å². The van der Waals surface area contributed by atoms with Gasteiger partial charge in [0, 0.05) is 18.1 Å². The first-order chi connectivity index (χ1) is 8.76. The lowest BCUT2D eigenvalue weighted by atomic mass is 9.51. The molecular weight excluding hydrogens is 229 g/mol. The van der Waals surface area contributed by atoms with Crippen LogP contribution in [0, 0.1) is 11.2 Å². The van der Waals surface area contributed by atoms with Gasteiger partial charge in [-0.05, 0) is 38.3 Å². The molecule has 2 fully saturated rings. The Labute approximate surface area is 108 Å². The van der Waals surface area contributed by atoms with Gasteiger partial charge in [-0.3, -0.25) is 0 Å². The van der Waals surface area contributed by atoms with Crippen LogP contribution in [0.2, 0.25) is 0 Å². The SMILES string of the molecule is CCOC1CC(Nc2ccccc2F)C12CCC2. The maximum Gasteiger partial charge on any atom is 0.146 e. The molecule has 1 spiro atoms. The standard InChI is InChI=1S/C15H20FNO/c1-2-18-14-10-13(15(14)8-5-9-15)17-12-7-4-3-6-11(12)16/h3-4,6-7,13-14,17H,2,5,8-10H2,1H3. The van der Waals surface area contributed by atoms with Crippen LogP contribution in [0.1, 0.15) is 32.6 Å². The van der Waals surface area contributed by atoms with E-state index in [9.17, 15) is 4.39 Å².